The van der Waals surface area contributed by atoms with Crippen LogP contribution in [0.2, 0.25) is 0 Å². The number of piperidine rings is 1. The summed E-state index contributed by atoms with van der Waals surface area (Å²) in [5.74, 6) is -3.88. The molecule has 1 heterocycles. The molecule has 0 saturated carbocycles. The molecule has 1 aliphatic rings. The molecule has 0 spiro atoms. The highest BCUT2D eigenvalue weighted by molar-refractivity contribution is 6.43. The maximum Gasteiger partial charge on any atom is 0.314 e. The molecule has 2 aromatic rings. The van der Waals surface area contributed by atoms with E-state index >= 15 is 0 Å². The van der Waals surface area contributed by atoms with Gasteiger partial charge in [-0.3, -0.25) is 14.4 Å². The van der Waals surface area contributed by atoms with E-state index in [1.165, 1.54) is 0 Å². The van der Waals surface area contributed by atoms with E-state index in [0.717, 1.165) is 25.0 Å². The van der Waals surface area contributed by atoms with Crippen molar-refractivity contribution < 1.29 is 23.2 Å². The molecular weight excluding hydrogens is 356 g/mol. The first-order chi connectivity index (χ1) is 12.9. The molecule has 0 aromatic heterocycles. The van der Waals surface area contributed by atoms with Crippen LogP contribution in [-0.4, -0.2) is 24.3 Å². The molecule has 1 saturated heterocycles. The molecule has 1 aliphatic heterocycles. The minimum Gasteiger partial charge on any atom is -0.318 e. The molecule has 3 rings (SSSR count). The van der Waals surface area contributed by atoms with Gasteiger partial charge in [-0.25, -0.2) is 8.78 Å². The van der Waals surface area contributed by atoms with Gasteiger partial charge >= 0.3 is 11.8 Å². The van der Waals surface area contributed by atoms with Crippen molar-refractivity contribution in [2.24, 2.45) is 0 Å². The topological polar surface area (TPSA) is 78.5 Å². The summed E-state index contributed by atoms with van der Waals surface area (Å²) in [7, 11) is 0. The van der Waals surface area contributed by atoms with E-state index < -0.39 is 23.4 Å². The van der Waals surface area contributed by atoms with Crippen LogP contribution in [0.4, 0.5) is 25.8 Å². The first-order valence-corrected chi connectivity index (χ1v) is 8.42. The quantitative estimate of drug-likeness (QED) is 0.812. The van der Waals surface area contributed by atoms with Crippen molar-refractivity contribution in [3.8, 4) is 0 Å². The maximum atomic E-state index is 13.6. The Labute approximate surface area is 154 Å². The zero-order chi connectivity index (χ0) is 19.4. The highest BCUT2D eigenvalue weighted by atomic mass is 19.1. The Morgan fingerprint density at radius 3 is 2.48 bits per heavy atom. The van der Waals surface area contributed by atoms with Crippen molar-refractivity contribution in [1.82, 2.24) is 0 Å². The van der Waals surface area contributed by atoms with Gasteiger partial charge in [-0.15, -0.1) is 0 Å². The molecule has 140 valence electrons. The number of hydrogen-bond donors (Lipinski definition) is 2. The average molecular weight is 373 g/mol. The molecule has 0 unspecified atom stereocenters. The van der Waals surface area contributed by atoms with Crippen molar-refractivity contribution in [2.75, 3.05) is 22.1 Å². The second-order valence-corrected chi connectivity index (χ2v) is 6.09. The van der Waals surface area contributed by atoms with Crippen molar-refractivity contribution in [1.29, 1.82) is 0 Å². The van der Waals surface area contributed by atoms with Gasteiger partial charge in [0.25, 0.3) is 0 Å². The number of nitrogens with zero attached hydrogens (tertiary/aromatic N) is 1. The van der Waals surface area contributed by atoms with Crippen molar-refractivity contribution in [3.05, 3.63) is 54.1 Å². The van der Waals surface area contributed by atoms with E-state index in [4.69, 9.17) is 0 Å². The van der Waals surface area contributed by atoms with Crippen LogP contribution in [0.1, 0.15) is 19.3 Å². The normalized spacial score (nSPS) is 14.0. The Morgan fingerprint density at radius 2 is 1.74 bits per heavy atom. The second kappa shape index (κ2) is 7.94. The fourth-order valence-corrected chi connectivity index (χ4v) is 2.79. The van der Waals surface area contributed by atoms with Crippen LogP contribution in [0.3, 0.4) is 0 Å². The first kappa shape index (κ1) is 18.5. The molecule has 2 aromatic carbocycles. The molecular formula is C19H17F2N3O3. The molecule has 0 bridgehead atoms. The molecule has 0 atom stereocenters. The number of anilines is 3. The van der Waals surface area contributed by atoms with Gasteiger partial charge in [-0.05, 0) is 43.2 Å². The third-order valence-corrected chi connectivity index (χ3v) is 4.12. The summed E-state index contributed by atoms with van der Waals surface area (Å²) >= 11 is 0. The van der Waals surface area contributed by atoms with Gasteiger partial charge in [-0.1, -0.05) is 6.07 Å². The van der Waals surface area contributed by atoms with Crippen molar-refractivity contribution >= 4 is 34.8 Å². The number of hydrogen-bond acceptors (Lipinski definition) is 3. The van der Waals surface area contributed by atoms with Gasteiger partial charge in [0.2, 0.25) is 5.91 Å². The van der Waals surface area contributed by atoms with Gasteiger partial charge in [0.15, 0.2) is 0 Å². The summed E-state index contributed by atoms with van der Waals surface area (Å²) in [5.41, 5.74) is 0.650. The lowest BCUT2D eigenvalue weighted by Crippen LogP contribution is -2.35. The highest BCUT2D eigenvalue weighted by Gasteiger charge is 2.21. The van der Waals surface area contributed by atoms with Gasteiger partial charge < -0.3 is 15.5 Å². The zero-order valence-electron chi connectivity index (χ0n) is 14.3. The summed E-state index contributed by atoms with van der Waals surface area (Å²) in [6.45, 7) is 0.598. The van der Waals surface area contributed by atoms with Crippen molar-refractivity contribution in [3.63, 3.8) is 0 Å². The molecule has 2 N–H and O–H groups in total. The Hall–Kier alpha value is -3.29. The molecule has 0 radical (unpaired) electrons. The van der Waals surface area contributed by atoms with Crippen LogP contribution in [-0.2, 0) is 14.4 Å². The highest BCUT2D eigenvalue weighted by Crippen LogP contribution is 2.24. The van der Waals surface area contributed by atoms with Crippen LogP contribution in [0, 0.1) is 11.6 Å². The SMILES string of the molecule is O=C(Nc1cccc(N2CCCCC2=O)c1)C(=O)Nc1ccc(F)cc1F. The fraction of sp³-hybridized carbons (Fsp3) is 0.211. The molecule has 0 aliphatic carbocycles. The van der Waals surface area contributed by atoms with E-state index in [0.29, 0.717) is 30.4 Å². The van der Waals surface area contributed by atoms with Gasteiger partial charge in [-0.2, -0.15) is 0 Å². The fourth-order valence-electron chi connectivity index (χ4n) is 2.79. The predicted octanol–water partition coefficient (Wildman–Crippen LogP) is 3.06. The lowest BCUT2D eigenvalue weighted by atomic mass is 10.1. The lowest BCUT2D eigenvalue weighted by Gasteiger charge is -2.27. The Bertz CT molecular complexity index is 902. The first-order valence-electron chi connectivity index (χ1n) is 8.42. The maximum absolute atomic E-state index is 13.6. The lowest BCUT2D eigenvalue weighted by molar-refractivity contribution is -0.133. The number of carbonyl (C=O) groups is 3. The molecule has 8 heteroatoms. The number of rotatable bonds is 3. The number of halogens is 2. The summed E-state index contributed by atoms with van der Waals surface area (Å²) in [4.78, 5) is 37.6. The Morgan fingerprint density at radius 1 is 0.963 bits per heavy atom. The van der Waals surface area contributed by atoms with Gasteiger partial charge in [0, 0.05) is 30.4 Å². The molecule has 1 fully saturated rings. The Balaban J connectivity index is 1.67. The number of carbonyl (C=O) groups excluding carboxylic acids is 3. The summed E-state index contributed by atoms with van der Waals surface area (Å²) < 4.78 is 26.5. The number of amides is 3. The smallest absolute Gasteiger partial charge is 0.314 e. The van der Waals surface area contributed by atoms with Crippen LogP contribution in [0.25, 0.3) is 0 Å². The van der Waals surface area contributed by atoms with E-state index in [2.05, 4.69) is 10.6 Å². The van der Waals surface area contributed by atoms with E-state index in [1.807, 2.05) is 0 Å². The average Bonchev–Trinajstić information content (AvgIpc) is 2.64. The van der Waals surface area contributed by atoms with Crippen LogP contribution >= 0.6 is 0 Å². The van der Waals surface area contributed by atoms with Crippen molar-refractivity contribution in [2.45, 2.75) is 19.3 Å². The van der Waals surface area contributed by atoms with Crippen LogP contribution in [0.15, 0.2) is 42.5 Å². The predicted molar refractivity (Wildman–Crippen MR) is 96.3 cm³/mol. The minimum absolute atomic E-state index is 0.00857. The summed E-state index contributed by atoms with van der Waals surface area (Å²) in [6, 6.07) is 9.16. The van der Waals surface area contributed by atoms with Gasteiger partial charge in [0.05, 0.1) is 5.69 Å². The van der Waals surface area contributed by atoms with Crippen LogP contribution in [0.5, 0.6) is 0 Å². The third kappa shape index (κ3) is 4.46. The monoisotopic (exact) mass is 373 g/mol. The molecule has 27 heavy (non-hydrogen) atoms. The van der Waals surface area contributed by atoms with Gasteiger partial charge in [0.1, 0.15) is 11.6 Å². The second-order valence-electron chi connectivity index (χ2n) is 6.09. The largest absolute Gasteiger partial charge is 0.318 e. The molecule has 6 nitrogen and oxygen atoms in total. The van der Waals surface area contributed by atoms with E-state index in [-0.39, 0.29) is 11.6 Å². The third-order valence-electron chi connectivity index (χ3n) is 4.12. The summed E-state index contributed by atoms with van der Waals surface area (Å²) in [6.07, 6.45) is 2.22. The van der Waals surface area contributed by atoms with E-state index in [9.17, 15) is 23.2 Å². The minimum atomic E-state index is -1.10. The molecule has 3 amide bonds. The van der Waals surface area contributed by atoms with E-state index in [1.54, 1.807) is 29.2 Å². The number of benzene rings is 2. The number of nitrogens with one attached hydrogen (secondary N) is 2. The summed E-state index contributed by atoms with van der Waals surface area (Å²) in [5, 5.41) is 4.49. The standard InChI is InChI=1S/C19H17F2N3O3/c20-12-7-8-16(15(21)10-12)23-19(27)18(26)22-13-4-3-5-14(11-13)24-9-2-1-6-17(24)25/h3-5,7-8,10-11H,1-2,6,9H2,(H,22,26)(H,23,27). The zero-order valence-corrected chi connectivity index (χ0v) is 14.3. The Kier molecular flexibility index (Phi) is 5.44. The van der Waals surface area contributed by atoms with Crippen LogP contribution < -0.4 is 15.5 Å².